The third kappa shape index (κ3) is 5.08. The average molecular weight is 368 g/mol. The monoisotopic (exact) mass is 368 g/mol. The third-order valence-corrected chi connectivity index (χ3v) is 4.75. The Morgan fingerprint density at radius 3 is 2.76 bits per heavy atom. The molecule has 1 aromatic carbocycles. The molecule has 9 nitrogen and oxygen atoms in total. The van der Waals surface area contributed by atoms with Crippen LogP contribution in [0.4, 0.5) is 0 Å². The standard InChI is InChI=1S/C15H20N4O5S/c1-11-17-18-14(24-11)10-16-25(21,22)13-6-4-5-12(9-13)15(20)19(2)7-8-23-3/h4-6,9,16H,7-8,10H2,1-3H3. The summed E-state index contributed by atoms with van der Waals surface area (Å²) in [4.78, 5) is 13.8. The summed E-state index contributed by atoms with van der Waals surface area (Å²) in [6, 6.07) is 5.81. The van der Waals surface area contributed by atoms with Crippen LogP contribution in [-0.2, 0) is 21.3 Å². The molecule has 0 aliphatic heterocycles. The molecule has 0 unspecified atom stereocenters. The second-order valence-electron chi connectivity index (χ2n) is 5.29. The highest BCUT2D eigenvalue weighted by molar-refractivity contribution is 7.89. The van der Waals surface area contributed by atoms with Gasteiger partial charge in [-0.2, -0.15) is 0 Å². The summed E-state index contributed by atoms with van der Waals surface area (Å²) in [5.41, 5.74) is 0.273. The van der Waals surface area contributed by atoms with E-state index in [2.05, 4.69) is 14.9 Å². The van der Waals surface area contributed by atoms with Crippen LogP contribution in [0.25, 0.3) is 0 Å². The van der Waals surface area contributed by atoms with Crippen molar-refractivity contribution in [1.29, 1.82) is 0 Å². The number of aryl methyl sites for hydroxylation is 1. The maximum absolute atomic E-state index is 12.4. The first-order valence-electron chi connectivity index (χ1n) is 7.46. The lowest BCUT2D eigenvalue weighted by Gasteiger charge is -2.17. The number of sulfonamides is 1. The maximum atomic E-state index is 12.4. The molecule has 1 heterocycles. The Morgan fingerprint density at radius 1 is 1.36 bits per heavy atom. The molecule has 0 saturated carbocycles. The van der Waals surface area contributed by atoms with Crippen LogP contribution in [0, 0.1) is 6.92 Å². The molecule has 1 N–H and O–H groups in total. The van der Waals surface area contributed by atoms with Crippen molar-refractivity contribution in [2.45, 2.75) is 18.4 Å². The van der Waals surface area contributed by atoms with E-state index >= 15 is 0 Å². The molecule has 0 radical (unpaired) electrons. The fourth-order valence-corrected chi connectivity index (χ4v) is 3.02. The second-order valence-corrected chi connectivity index (χ2v) is 7.05. The second kappa shape index (κ2) is 8.19. The van der Waals surface area contributed by atoms with Crippen LogP contribution in [0.3, 0.4) is 0 Å². The van der Waals surface area contributed by atoms with Gasteiger partial charge in [-0.05, 0) is 18.2 Å². The van der Waals surface area contributed by atoms with E-state index in [-0.39, 0.29) is 28.8 Å². The number of benzene rings is 1. The summed E-state index contributed by atoms with van der Waals surface area (Å²) in [7, 11) is -0.654. The van der Waals surface area contributed by atoms with Gasteiger partial charge in [0, 0.05) is 33.2 Å². The van der Waals surface area contributed by atoms with Gasteiger partial charge in [-0.15, -0.1) is 10.2 Å². The van der Waals surface area contributed by atoms with E-state index in [1.807, 2.05) is 0 Å². The van der Waals surface area contributed by atoms with Crippen molar-refractivity contribution in [2.75, 3.05) is 27.3 Å². The van der Waals surface area contributed by atoms with Crippen molar-refractivity contribution in [2.24, 2.45) is 0 Å². The molecule has 0 fully saturated rings. The minimum Gasteiger partial charge on any atom is -0.424 e. The molecular weight excluding hydrogens is 348 g/mol. The normalized spacial score (nSPS) is 11.5. The number of nitrogens with zero attached hydrogens (tertiary/aromatic N) is 3. The van der Waals surface area contributed by atoms with Crippen LogP contribution < -0.4 is 4.72 Å². The van der Waals surface area contributed by atoms with Crippen LogP contribution in [0.15, 0.2) is 33.6 Å². The van der Waals surface area contributed by atoms with Crippen molar-refractivity contribution in [3.05, 3.63) is 41.6 Å². The van der Waals surface area contributed by atoms with E-state index in [1.165, 1.54) is 23.1 Å². The molecule has 25 heavy (non-hydrogen) atoms. The van der Waals surface area contributed by atoms with Gasteiger partial charge in [0.25, 0.3) is 5.91 Å². The van der Waals surface area contributed by atoms with Crippen molar-refractivity contribution in [1.82, 2.24) is 19.8 Å². The lowest BCUT2D eigenvalue weighted by molar-refractivity contribution is 0.0744. The van der Waals surface area contributed by atoms with Crippen molar-refractivity contribution < 1.29 is 22.4 Å². The van der Waals surface area contributed by atoms with Crippen LogP contribution in [-0.4, -0.2) is 56.7 Å². The lowest BCUT2D eigenvalue weighted by Crippen LogP contribution is -2.30. The first-order valence-corrected chi connectivity index (χ1v) is 8.95. The lowest BCUT2D eigenvalue weighted by atomic mass is 10.2. The Labute approximate surface area is 146 Å². The molecule has 2 rings (SSSR count). The van der Waals surface area contributed by atoms with Crippen LogP contribution in [0.5, 0.6) is 0 Å². The predicted molar refractivity (Wildman–Crippen MR) is 88.3 cm³/mol. The molecule has 10 heteroatoms. The van der Waals surface area contributed by atoms with Crippen LogP contribution >= 0.6 is 0 Å². The smallest absolute Gasteiger partial charge is 0.253 e. The van der Waals surface area contributed by atoms with E-state index in [0.717, 1.165) is 0 Å². The molecule has 1 amide bonds. The van der Waals surface area contributed by atoms with E-state index in [1.54, 1.807) is 27.1 Å². The third-order valence-electron chi connectivity index (χ3n) is 3.35. The highest BCUT2D eigenvalue weighted by atomic mass is 32.2. The van der Waals surface area contributed by atoms with E-state index in [0.29, 0.717) is 19.0 Å². The van der Waals surface area contributed by atoms with Gasteiger partial charge in [0.05, 0.1) is 18.0 Å². The molecule has 1 aromatic heterocycles. The molecule has 0 spiro atoms. The van der Waals surface area contributed by atoms with E-state index < -0.39 is 10.0 Å². The molecular formula is C15H20N4O5S. The molecule has 0 saturated heterocycles. The average Bonchev–Trinajstić information content (AvgIpc) is 3.03. The highest BCUT2D eigenvalue weighted by Crippen LogP contribution is 2.13. The summed E-state index contributed by atoms with van der Waals surface area (Å²) in [6.07, 6.45) is 0. The highest BCUT2D eigenvalue weighted by Gasteiger charge is 2.18. The number of carbonyl (C=O) groups excluding carboxylic acids is 1. The van der Waals surface area contributed by atoms with Gasteiger partial charge in [-0.25, -0.2) is 13.1 Å². The Balaban J connectivity index is 2.12. The molecule has 0 aliphatic carbocycles. The van der Waals surface area contributed by atoms with E-state index in [4.69, 9.17) is 9.15 Å². The number of amides is 1. The number of hydrogen-bond acceptors (Lipinski definition) is 7. The summed E-state index contributed by atoms with van der Waals surface area (Å²) in [5, 5.41) is 7.35. The Morgan fingerprint density at radius 2 is 2.12 bits per heavy atom. The molecule has 0 aliphatic rings. The fraction of sp³-hybridized carbons (Fsp3) is 0.400. The van der Waals surface area contributed by atoms with Gasteiger partial charge in [0.1, 0.15) is 0 Å². The Kier molecular flexibility index (Phi) is 6.23. The summed E-state index contributed by atoms with van der Waals surface area (Å²) in [6.45, 7) is 2.28. The van der Waals surface area contributed by atoms with Gasteiger partial charge in [0.2, 0.25) is 21.8 Å². The minimum atomic E-state index is -3.82. The number of ether oxygens (including phenoxy) is 1. The Bertz CT molecular complexity index is 834. The van der Waals surface area contributed by atoms with Crippen LogP contribution in [0.2, 0.25) is 0 Å². The quantitative estimate of drug-likeness (QED) is 0.724. The maximum Gasteiger partial charge on any atom is 0.253 e. The van der Waals surface area contributed by atoms with Crippen molar-refractivity contribution in [3.8, 4) is 0 Å². The molecule has 2 aromatic rings. The zero-order chi connectivity index (χ0) is 18.4. The van der Waals surface area contributed by atoms with Gasteiger partial charge in [0.15, 0.2) is 0 Å². The largest absolute Gasteiger partial charge is 0.424 e. The SMILES string of the molecule is COCCN(C)C(=O)c1cccc(S(=O)(=O)NCc2nnc(C)o2)c1. The van der Waals surface area contributed by atoms with Gasteiger partial charge in [-0.3, -0.25) is 4.79 Å². The summed E-state index contributed by atoms with van der Waals surface area (Å²) >= 11 is 0. The number of likely N-dealkylation sites (N-methyl/N-ethyl adjacent to an activating group) is 1. The molecule has 136 valence electrons. The zero-order valence-corrected chi connectivity index (χ0v) is 15.0. The number of nitrogens with one attached hydrogen (secondary N) is 1. The number of hydrogen-bond donors (Lipinski definition) is 1. The van der Waals surface area contributed by atoms with Crippen molar-refractivity contribution in [3.63, 3.8) is 0 Å². The first kappa shape index (κ1) is 19.0. The molecule has 0 bridgehead atoms. The fourth-order valence-electron chi connectivity index (χ4n) is 2.00. The number of rotatable bonds is 8. The van der Waals surface area contributed by atoms with Crippen LogP contribution in [0.1, 0.15) is 22.1 Å². The minimum absolute atomic E-state index is 0.0188. The topological polar surface area (TPSA) is 115 Å². The van der Waals surface area contributed by atoms with Gasteiger partial charge in [-0.1, -0.05) is 6.07 Å². The number of methoxy groups -OCH3 is 1. The first-order chi connectivity index (χ1) is 11.8. The zero-order valence-electron chi connectivity index (χ0n) is 14.2. The van der Waals surface area contributed by atoms with Crippen molar-refractivity contribution >= 4 is 15.9 Å². The van der Waals surface area contributed by atoms with Gasteiger partial charge >= 0.3 is 0 Å². The predicted octanol–water partition coefficient (Wildman–Crippen LogP) is 0.575. The summed E-state index contributed by atoms with van der Waals surface area (Å²) < 4.78 is 37.2. The van der Waals surface area contributed by atoms with E-state index in [9.17, 15) is 13.2 Å². The Hall–Kier alpha value is -2.30. The molecule has 0 atom stereocenters. The number of aromatic nitrogens is 2. The van der Waals surface area contributed by atoms with Gasteiger partial charge < -0.3 is 14.1 Å². The number of carbonyl (C=O) groups is 1. The summed E-state index contributed by atoms with van der Waals surface area (Å²) in [5.74, 6) is 0.218.